The van der Waals surface area contributed by atoms with Crippen LogP contribution in [0, 0.1) is 6.92 Å². The number of hydrogen-bond acceptors (Lipinski definition) is 4. The van der Waals surface area contributed by atoms with Crippen LogP contribution in [0.25, 0.3) is 16.7 Å². The first-order valence-electron chi connectivity index (χ1n) is 11.6. The van der Waals surface area contributed by atoms with Gasteiger partial charge in [-0.2, -0.15) is 0 Å². The Hall–Kier alpha value is -4.23. The molecule has 0 fully saturated rings. The minimum absolute atomic E-state index is 0.198. The lowest BCUT2D eigenvalue weighted by atomic mass is 10.1. The first-order chi connectivity index (χ1) is 17.3. The summed E-state index contributed by atoms with van der Waals surface area (Å²) in [5.41, 5.74) is 10.0. The number of hydrogen-bond donors (Lipinski definition) is 2. The van der Waals surface area contributed by atoms with Gasteiger partial charge in [0.15, 0.2) is 0 Å². The molecule has 3 N–H and O–H groups in total. The number of nitrogens with one attached hydrogen (secondary N) is 1. The molecule has 0 saturated carbocycles. The molecule has 0 aliphatic carbocycles. The van der Waals surface area contributed by atoms with E-state index in [0.29, 0.717) is 16.3 Å². The summed E-state index contributed by atoms with van der Waals surface area (Å²) in [6, 6.07) is 22.0. The highest BCUT2D eigenvalue weighted by Crippen LogP contribution is 2.20. The molecule has 5 aromatic rings. The third-order valence-corrected chi connectivity index (χ3v) is 6.72. The second-order valence-corrected chi connectivity index (χ2v) is 9.17. The molecular weight excluding hydrogens is 474 g/mol. The van der Waals surface area contributed by atoms with E-state index in [2.05, 4.69) is 5.32 Å². The summed E-state index contributed by atoms with van der Waals surface area (Å²) in [5, 5.41) is 3.84. The fourth-order valence-corrected chi connectivity index (χ4v) is 4.54. The molecule has 1 amide bonds. The van der Waals surface area contributed by atoms with E-state index in [-0.39, 0.29) is 40.8 Å². The van der Waals surface area contributed by atoms with E-state index >= 15 is 0 Å². The van der Waals surface area contributed by atoms with Crippen molar-refractivity contribution in [3.05, 3.63) is 117 Å². The lowest BCUT2D eigenvalue weighted by Gasteiger charge is -2.16. The fraction of sp³-hybridized carbons (Fsp3) is 0.143. The molecule has 36 heavy (non-hydrogen) atoms. The van der Waals surface area contributed by atoms with Gasteiger partial charge in [0.2, 0.25) is 11.5 Å². The molecule has 3 aromatic heterocycles. The number of nitrogens with zero attached hydrogens (tertiary/aromatic N) is 3. The predicted molar refractivity (Wildman–Crippen MR) is 141 cm³/mol. The largest absolute Gasteiger partial charge is 0.345 e. The van der Waals surface area contributed by atoms with Crippen molar-refractivity contribution in [2.75, 3.05) is 5.73 Å². The Morgan fingerprint density at radius 1 is 1.11 bits per heavy atom. The van der Waals surface area contributed by atoms with Crippen molar-refractivity contribution in [3.8, 4) is 0 Å². The molecule has 5 rings (SSSR count). The zero-order valence-corrected chi connectivity index (χ0v) is 20.7. The number of aromatic nitrogens is 3. The number of halogens is 1. The lowest BCUT2D eigenvalue weighted by molar-refractivity contribution is -0.649. The van der Waals surface area contributed by atoms with Gasteiger partial charge in [-0.1, -0.05) is 71.2 Å². The molecule has 0 unspecified atom stereocenters. The number of benzene rings is 2. The van der Waals surface area contributed by atoms with E-state index in [1.807, 2.05) is 68.4 Å². The van der Waals surface area contributed by atoms with Crippen LogP contribution in [0.5, 0.6) is 0 Å². The summed E-state index contributed by atoms with van der Waals surface area (Å²) >= 11 is 6.45. The van der Waals surface area contributed by atoms with Crippen LogP contribution in [0.1, 0.15) is 40.0 Å². The number of carbonyl (C=O) groups excluding carboxylic acids is 1. The normalized spacial score (nSPS) is 12.1. The second kappa shape index (κ2) is 9.43. The first kappa shape index (κ1) is 23.5. The zero-order chi connectivity index (χ0) is 25.4. The van der Waals surface area contributed by atoms with Crippen LogP contribution in [0.15, 0.2) is 83.8 Å². The SMILES string of the molecule is Cc1cccn2c(=O)c3cc(C(=O)N[C@@H](C)c4ccccc4)c(N)[n+](Cc4ccccc4Cl)c3nc12. The predicted octanol–water partition coefficient (Wildman–Crippen LogP) is 4.22. The molecule has 3 heterocycles. The monoisotopic (exact) mass is 498 g/mol. The number of anilines is 1. The average Bonchev–Trinajstić information content (AvgIpc) is 2.88. The number of pyridine rings is 2. The van der Waals surface area contributed by atoms with Gasteiger partial charge in [0.05, 0.1) is 12.6 Å². The molecule has 0 spiro atoms. The zero-order valence-electron chi connectivity index (χ0n) is 19.9. The Morgan fingerprint density at radius 3 is 2.58 bits per heavy atom. The van der Waals surface area contributed by atoms with Crippen molar-refractivity contribution in [2.24, 2.45) is 0 Å². The Bertz CT molecular complexity index is 1680. The van der Waals surface area contributed by atoms with Crippen molar-refractivity contribution in [2.45, 2.75) is 26.4 Å². The van der Waals surface area contributed by atoms with Crippen molar-refractivity contribution in [1.29, 1.82) is 0 Å². The third-order valence-electron chi connectivity index (χ3n) is 6.35. The Balaban J connectivity index is 1.72. The maximum Gasteiger partial charge on any atom is 0.278 e. The summed E-state index contributed by atoms with van der Waals surface area (Å²) in [6.07, 6.45) is 1.67. The number of rotatable bonds is 5. The maximum atomic E-state index is 13.6. The maximum absolute atomic E-state index is 13.6. The first-order valence-corrected chi connectivity index (χ1v) is 12.0. The van der Waals surface area contributed by atoms with Gasteiger partial charge in [-0.15, -0.1) is 0 Å². The summed E-state index contributed by atoms with van der Waals surface area (Å²) < 4.78 is 3.18. The van der Waals surface area contributed by atoms with Crippen LogP contribution >= 0.6 is 11.6 Å². The van der Waals surface area contributed by atoms with Gasteiger partial charge < -0.3 is 11.1 Å². The number of nitrogens with two attached hydrogens (primary N) is 1. The molecule has 2 aromatic carbocycles. The molecule has 8 heteroatoms. The van der Waals surface area contributed by atoms with E-state index in [1.54, 1.807) is 22.9 Å². The number of aryl methyl sites for hydroxylation is 1. The summed E-state index contributed by atoms with van der Waals surface area (Å²) in [5.74, 6) is -0.183. The van der Waals surface area contributed by atoms with Gasteiger partial charge in [-0.25, -0.2) is 4.57 Å². The second-order valence-electron chi connectivity index (χ2n) is 8.77. The van der Waals surface area contributed by atoms with Crippen LogP contribution in [-0.2, 0) is 6.54 Å². The molecule has 0 saturated heterocycles. The van der Waals surface area contributed by atoms with Gasteiger partial charge >= 0.3 is 0 Å². The summed E-state index contributed by atoms with van der Waals surface area (Å²) in [6.45, 7) is 4.03. The van der Waals surface area contributed by atoms with Crippen molar-refractivity contribution in [1.82, 2.24) is 14.7 Å². The van der Waals surface area contributed by atoms with E-state index < -0.39 is 0 Å². The van der Waals surface area contributed by atoms with Crippen LogP contribution in [0.2, 0.25) is 5.02 Å². The van der Waals surface area contributed by atoms with Crippen LogP contribution < -0.4 is 21.2 Å². The Morgan fingerprint density at radius 2 is 1.83 bits per heavy atom. The van der Waals surface area contributed by atoms with E-state index in [9.17, 15) is 9.59 Å². The Kier molecular flexibility index (Phi) is 6.16. The highest BCUT2D eigenvalue weighted by Gasteiger charge is 2.26. The number of carbonyl (C=O) groups is 1. The molecule has 0 bridgehead atoms. The highest BCUT2D eigenvalue weighted by atomic mass is 35.5. The fourth-order valence-electron chi connectivity index (χ4n) is 4.35. The van der Waals surface area contributed by atoms with Gasteiger partial charge in [0.1, 0.15) is 10.9 Å². The van der Waals surface area contributed by atoms with Crippen LogP contribution in [-0.4, -0.2) is 15.3 Å². The molecule has 0 radical (unpaired) electrons. The smallest absolute Gasteiger partial charge is 0.278 e. The minimum Gasteiger partial charge on any atom is -0.345 e. The molecular formula is C28H25ClN5O2+. The van der Waals surface area contributed by atoms with Crippen molar-refractivity contribution < 1.29 is 9.36 Å². The molecule has 180 valence electrons. The number of nitrogen functional groups attached to an aromatic ring is 1. The van der Waals surface area contributed by atoms with E-state index in [1.165, 1.54) is 10.5 Å². The summed E-state index contributed by atoms with van der Waals surface area (Å²) in [4.78, 5) is 31.8. The van der Waals surface area contributed by atoms with Crippen LogP contribution in [0.4, 0.5) is 5.82 Å². The number of fused-ring (bicyclic) bond motifs is 2. The van der Waals surface area contributed by atoms with Gasteiger partial charge in [0.25, 0.3) is 17.1 Å². The van der Waals surface area contributed by atoms with Crippen LogP contribution in [0.3, 0.4) is 0 Å². The topological polar surface area (TPSA) is 93.4 Å². The van der Waals surface area contributed by atoms with E-state index in [0.717, 1.165) is 16.7 Å². The van der Waals surface area contributed by atoms with Crippen molar-refractivity contribution in [3.63, 3.8) is 0 Å². The standard InChI is InChI=1S/C28H24ClN5O2/c1-17-9-8-14-33-25(17)32-26-22(28(33)36)15-21(27(35)31-18(2)19-10-4-3-5-11-19)24(30)34(26)16-20-12-6-7-13-23(20)29/h3-15,18,30H,16H2,1-2H3,(H,31,35)/p+1/t18-/m0/s1. The number of amides is 1. The quantitative estimate of drug-likeness (QED) is 0.280. The highest BCUT2D eigenvalue weighted by molar-refractivity contribution is 6.31. The van der Waals surface area contributed by atoms with Gasteiger partial charge in [-0.05, 0) is 37.6 Å². The Labute approximate surface area is 212 Å². The van der Waals surface area contributed by atoms with Gasteiger partial charge in [-0.3, -0.25) is 14.0 Å². The average molecular weight is 499 g/mol. The third kappa shape index (κ3) is 4.18. The lowest BCUT2D eigenvalue weighted by Crippen LogP contribution is -2.43. The summed E-state index contributed by atoms with van der Waals surface area (Å²) in [7, 11) is 0. The minimum atomic E-state index is -0.382. The van der Waals surface area contributed by atoms with Crippen molar-refractivity contribution >= 4 is 40.0 Å². The van der Waals surface area contributed by atoms with Gasteiger partial charge in [0, 0.05) is 22.3 Å². The molecule has 0 aliphatic heterocycles. The molecule has 7 nitrogen and oxygen atoms in total. The molecule has 0 aliphatic rings. The van der Waals surface area contributed by atoms with E-state index in [4.69, 9.17) is 22.3 Å². The molecule has 1 atom stereocenters.